The van der Waals surface area contributed by atoms with Crippen LogP contribution in [-0.4, -0.2) is 17.4 Å². The van der Waals surface area contributed by atoms with Crippen LogP contribution in [0, 0.1) is 6.92 Å². The molecule has 0 heterocycles. The smallest absolute Gasteiger partial charge is 0.252 e. The van der Waals surface area contributed by atoms with Crippen LogP contribution in [0.3, 0.4) is 0 Å². The van der Waals surface area contributed by atoms with Crippen molar-refractivity contribution in [3.05, 3.63) is 29.3 Å². The third kappa shape index (κ3) is 3.76. The normalized spacial score (nSPS) is 11.1. The second-order valence-electron chi connectivity index (χ2n) is 5.06. The van der Waals surface area contributed by atoms with E-state index in [1.165, 1.54) is 0 Å². The van der Waals surface area contributed by atoms with Gasteiger partial charge in [0.1, 0.15) is 0 Å². The maximum atomic E-state index is 12.1. The molecule has 5 heteroatoms. The lowest BCUT2D eigenvalue weighted by molar-refractivity contribution is -0.119. The first-order valence-corrected chi connectivity index (χ1v) is 5.68. The van der Waals surface area contributed by atoms with Gasteiger partial charge in [-0.05, 0) is 38.5 Å². The summed E-state index contributed by atoms with van der Waals surface area (Å²) in [4.78, 5) is 23.0. The Kier molecular flexibility index (Phi) is 3.96. The maximum absolute atomic E-state index is 12.1. The number of primary amides is 1. The number of aryl methyl sites for hydroxylation is 1. The number of carbonyl (C=O) groups excluding carboxylic acids is 2. The van der Waals surface area contributed by atoms with Crippen LogP contribution in [0.5, 0.6) is 0 Å². The minimum absolute atomic E-state index is 0.0834. The maximum Gasteiger partial charge on any atom is 0.252 e. The fraction of sp³-hybridized carbons (Fsp3) is 0.385. The number of nitrogens with one attached hydrogen (secondary N) is 1. The molecule has 1 aromatic rings. The molecule has 1 aromatic carbocycles. The molecule has 0 saturated carbocycles. The van der Waals surface area contributed by atoms with Gasteiger partial charge < -0.3 is 16.8 Å². The van der Waals surface area contributed by atoms with Crippen molar-refractivity contribution in [3.63, 3.8) is 0 Å². The molecule has 5 N–H and O–H groups in total. The van der Waals surface area contributed by atoms with E-state index >= 15 is 0 Å². The zero-order chi connectivity index (χ0) is 13.9. The highest BCUT2D eigenvalue weighted by Gasteiger charge is 2.24. The molecule has 0 aromatic heterocycles. The Hall–Kier alpha value is -2.04. The van der Waals surface area contributed by atoms with Crippen molar-refractivity contribution in [1.82, 2.24) is 5.32 Å². The Labute approximate surface area is 107 Å². The van der Waals surface area contributed by atoms with Crippen molar-refractivity contribution in [1.29, 1.82) is 0 Å². The molecule has 0 aliphatic heterocycles. The van der Waals surface area contributed by atoms with Gasteiger partial charge in [0.2, 0.25) is 5.91 Å². The third-order valence-corrected chi connectivity index (χ3v) is 2.57. The first kappa shape index (κ1) is 14.0. The molecule has 0 radical (unpaired) electrons. The average molecular weight is 249 g/mol. The predicted molar refractivity (Wildman–Crippen MR) is 70.9 cm³/mol. The molecule has 0 saturated heterocycles. The first-order chi connectivity index (χ1) is 8.21. The molecule has 18 heavy (non-hydrogen) atoms. The Balaban J connectivity index is 2.88. The summed E-state index contributed by atoms with van der Waals surface area (Å²) in [5, 5.41) is 2.78. The van der Waals surface area contributed by atoms with Crippen molar-refractivity contribution in [2.45, 2.75) is 32.7 Å². The quantitative estimate of drug-likeness (QED) is 0.693. The van der Waals surface area contributed by atoms with Gasteiger partial charge in [-0.1, -0.05) is 6.07 Å². The molecule has 0 aliphatic carbocycles. The van der Waals surface area contributed by atoms with Gasteiger partial charge in [-0.2, -0.15) is 0 Å². The SMILES string of the molecule is Cc1ccc(N)cc1C(=O)NC(C)(C)CC(N)=O. The molecule has 1 rings (SSSR count). The zero-order valence-electron chi connectivity index (χ0n) is 10.9. The lowest BCUT2D eigenvalue weighted by Crippen LogP contribution is -2.46. The third-order valence-electron chi connectivity index (χ3n) is 2.57. The Morgan fingerprint density at radius 2 is 1.94 bits per heavy atom. The van der Waals surface area contributed by atoms with Crippen molar-refractivity contribution in [3.8, 4) is 0 Å². The largest absolute Gasteiger partial charge is 0.399 e. The van der Waals surface area contributed by atoms with Gasteiger partial charge in [-0.3, -0.25) is 9.59 Å². The van der Waals surface area contributed by atoms with Crippen LogP contribution in [0.25, 0.3) is 0 Å². The van der Waals surface area contributed by atoms with E-state index in [0.717, 1.165) is 5.56 Å². The van der Waals surface area contributed by atoms with Crippen LogP contribution >= 0.6 is 0 Å². The molecule has 0 fully saturated rings. The molecule has 0 atom stereocenters. The monoisotopic (exact) mass is 249 g/mol. The highest BCUT2D eigenvalue weighted by atomic mass is 16.2. The summed E-state index contributed by atoms with van der Waals surface area (Å²) in [6.07, 6.45) is 0.0834. The minimum atomic E-state index is -0.681. The van der Waals surface area contributed by atoms with Gasteiger partial charge in [0.25, 0.3) is 5.91 Å². The van der Waals surface area contributed by atoms with E-state index in [-0.39, 0.29) is 12.3 Å². The van der Waals surface area contributed by atoms with E-state index in [0.29, 0.717) is 11.3 Å². The number of anilines is 1. The number of hydrogen-bond donors (Lipinski definition) is 3. The van der Waals surface area contributed by atoms with Gasteiger partial charge in [0.05, 0.1) is 0 Å². The average Bonchev–Trinajstić information content (AvgIpc) is 2.18. The molecule has 0 unspecified atom stereocenters. The highest BCUT2D eigenvalue weighted by Crippen LogP contribution is 2.15. The van der Waals surface area contributed by atoms with Gasteiger partial charge in [-0.15, -0.1) is 0 Å². The van der Waals surface area contributed by atoms with Gasteiger partial charge in [-0.25, -0.2) is 0 Å². The predicted octanol–water partition coefficient (Wildman–Crippen LogP) is 0.961. The number of nitrogen functional groups attached to an aromatic ring is 1. The fourth-order valence-corrected chi connectivity index (χ4v) is 1.74. The van der Waals surface area contributed by atoms with E-state index < -0.39 is 11.4 Å². The van der Waals surface area contributed by atoms with Gasteiger partial charge in [0, 0.05) is 23.2 Å². The molecule has 5 nitrogen and oxygen atoms in total. The number of benzene rings is 1. The van der Waals surface area contributed by atoms with Crippen LogP contribution in [-0.2, 0) is 4.79 Å². The zero-order valence-corrected chi connectivity index (χ0v) is 10.9. The van der Waals surface area contributed by atoms with Crippen LogP contribution < -0.4 is 16.8 Å². The summed E-state index contributed by atoms with van der Waals surface area (Å²) in [5.41, 5.74) is 12.0. The minimum Gasteiger partial charge on any atom is -0.399 e. The number of nitrogens with two attached hydrogens (primary N) is 2. The lowest BCUT2D eigenvalue weighted by Gasteiger charge is -2.25. The number of rotatable bonds is 4. The number of hydrogen-bond acceptors (Lipinski definition) is 3. The van der Waals surface area contributed by atoms with Gasteiger partial charge >= 0.3 is 0 Å². The summed E-state index contributed by atoms with van der Waals surface area (Å²) in [6.45, 7) is 5.32. The summed E-state index contributed by atoms with van der Waals surface area (Å²) >= 11 is 0. The van der Waals surface area contributed by atoms with Crippen LogP contribution in [0.4, 0.5) is 5.69 Å². The number of amides is 2. The molecule has 2 amide bonds. The molecular weight excluding hydrogens is 230 g/mol. The molecule has 0 spiro atoms. The van der Waals surface area contributed by atoms with Crippen LogP contribution in [0.1, 0.15) is 36.2 Å². The standard InChI is InChI=1S/C13H19N3O2/c1-8-4-5-9(14)6-10(8)12(18)16-13(2,3)7-11(15)17/h4-6H,7,14H2,1-3H3,(H2,15,17)(H,16,18). The topological polar surface area (TPSA) is 98.2 Å². The Bertz CT molecular complexity index is 481. The summed E-state index contributed by atoms with van der Waals surface area (Å²) in [7, 11) is 0. The van der Waals surface area contributed by atoms with Crippen molar-refractivity contribution >= 4 is 17.5 Å². The van der Waals surface area contributed by atoms with E-state index in [9.17, 15) is 9.59 Å². The van der Waals surface area contributed by atoms with Gasteiger partial charge in [0.15, 0.2) is 0 Å². The summed E-state index contributed by atoms with van der Waals surface area (Å²) < 4.78 is 0. The number of carbonyl (C=O) groups is 2. The van der Waals surface area contributed by atoms with E-state index in [1.807, 2.05) is 6.92 Å². The Morgan fingerprint density at radius 3 is 2.50 bits per heavy atom. The molecular formula is C13H19N3O2. The Morgan fingerprint density at radius 1 is 1.33 bits per heavy atom. The second-order valence-corrected chi connectivity index (χ2v) is 5.06. The summed E-state index contributed by atoms with van der Waals surface area (Å²) in [5.74, 6) is -0.712. The van der Waals surface area contributed by atoms with Crippen molar-refractivity contribution in [2.75, 3.05) is 5.73 Å². The van der Waals surface area contributed by atoms with E-state index in [2.05, 4.69) is 5.32 Å². The molecule has 98 valence electrons. The second kappa shape index (κ2) is 5.08. The fourth-order valence-electron chi connectivity index (χ4n) is 1.74. The summed E-state index contributed by atoms with van der Waals surface area (Å²) in [6, 6.07) is 5.14. The first-order valence-electron chi connectivity index (χ1n) is 5.68. The highest BCUT2D eigenvalue weighted by molar-refractivity contribution is 5.97. The van der Waals surface area contributed by atoms with Crippen molar-refractivity contribution in [2.24, 2.45) is 5.73 Å². The lowest BCUT2D eigenvalue weighted by atomic mass is 9.98. The van der Waals surface area contributed by atoms with Crippen LogP contribution in [0.2, 0.25) is 0 Å². The van der Waals surface area contributed by atoms with Crippen LogP contribution in [0.15, 0.2) is 18.2 Å². The molecule has 0 aliphatic rings. The van der Waals surface area contributed by atoms with E-state index in [4.69, 9.17) is 11.5 Å². The van der Waals surface area contributed by atoms with E-state index in [1.54, 1.807) is 32.0 Å². The molecule has 0 bridgehead atoms. The van der Waals surface area contributed by atoms with Crippen molar-refractivity contribution < 1.29 is 9.59 Å².